The number of imidazole rings is 1. The van der Waals surface area contributed by atoms with Crippen LogP contribution >= 0.6 is 0 Å². The standard InChI is InChI=1S/C28H32N6O2/c35-28(34-16-10-22(11-17-34)33-14-2-1-3-15-33)27-30-25(19-8-12-29-13-9-19)26(31-27)21-4-6-23-20(18-21)5-7-24(23)32-36/h4,6,8-9,12-13,18,22,36H,1-3,5,7,10-11,14-17H2,(H,30,31)/b32-24+. The van der Waals surface area contributed by atoms with Crippen LogP contribution in [-0.2, 0) is 6.42 Å². The van der Waals surface area contributed by atoms with Crippen molar-refractivity contribution >= 4 is 11.6 Å². The molecule has 36 heavy (non-hydrogen) atoms. The number of carbonyl (C=O) groups excluding carboxylic acids is 1. The first kappa shape index (κ1) is 22.9. The van der Waals surface area contributed by atoms with Crippen LogP contribution in [0.25, 0.3) is 22.5 Å². The van der Waals surface area contributed by atoms with Crippen LogP contribution in [-0.4, -0.2) is 73.8 Å². The minimum absolute atomic E-state index is 0.0375. The lowest BCUT2D eigenvalue weighted by Crippen LogP contribution is -2.48. The number of fused-ring (bicyclic) bond motifs is 1. The van der Waals surface area contributed by atoms with Gasteiger partial charge in [-0.1, -0.05) is 23.7 Å². The van der Waals surface area contributed by atoms with Gasteiger partial charge in [0, 0.05) is 48.2 Å². The molecule has 4 heterocycles. The Hall–Kier alpha value is -3.52. The second-order valence-corrected chi connectivity index (χ2v) is 10.1. The van der Waals surface area contributed by atoms with Gasteiger partial charge in [-0.05, 0) is 75.4 Å². The number of nitrogens with zero attached hydrogens (tertiary/aromatic N) is 5. The SMILES string of the molecule is O=C(c1nc(-c2ccc3c(c2)CC/C3=N\O)c(-c2ccncc2)[nH]1)N1CCC(N2CCCCC2)CC1. The number of oxime groups is 1. The third-order valence-corrected chi connectivity index (χ3v) is 7.98. The summed E-state index contributed by atoms with van der Waals surface area (Å²) in [6.07, 6.45) is 11.0. The van der Waals surface area contributed by atoms with Gasteiger partial charge in [-0.2, -0.15) is 0 Å². The van der Waals surface area contributed by atoms with Crippen LogP contribution in [0.2, 0.25) is 0 Å². The number of piperidine rings is 2. The number of amides is 1. The van der Waals surface area contributed by atoms with Crippen LogP contribution in [0.1, 0.15) is 60.3 Å². The Balaban J connectivity index is 1.27. The molecule has 0 unspecified atom stereocenters. The van der Waals surface area contributed by atoms with Crippen molar-refractivity contribution in [2.75, 3.05) is 26.2 Å². The maximum atomic E-state index is 13.5. The van der Waals surface area contributed by atoms with Crippen LogP contribution in [0.5, 0.6) is 0 Å². The summed E-state index contributed by atoms with van der Waals surface area (Å²) in [7, 11) is 0. The molecular weight excluding hydrogens is 452 g/mol. The van der Waals surface area contributed by atoms with E-state index in [1.54, 1.807) is 12.4 Å². The van der Waals surface area contributed by atoms with Crippen molar-refractivity contribution in [3.63, 3.8) is 0 Å². The number of carbonyl (C=O) groups is 1. The molecule has 8 heteroatoms. The van der Waals surface area contributed by atoms with Crippen molar-refractivity contribution in [2.24, 2.45) is 5.16 Å². The molecule has 0 spiro atoms. The number of aromatic amines is 1. The fourth-order valence-corrected chi connectivity index (χ4v) is 6.00. The smallest absolute Gasteiger partial charge is 0.289 e. The average Bonchev–Trinajstić information content (AvgIpc) is 3.58. The van der Waals surface area contributed by atoms with Gasteiger partial charge in [0.05, 0.1) is 17.1 Å². The number of pyridine rings is 1. The molecule has 0 saturated carbocycles. The van der Waals surface area contributed by atoms with E-state index in [-0.39, 0.29) is 5.91 Å². The van der Waals surface area contributed by atoms with Gasteiger partial charge < -0.3 is 20.0 Å². The zero-order valence-corrected chi connectivity index (χ0v) is 20.5. The molecule has 6 rings (SSSR count). The molecular formula is C28H32N6O2. The predicted molar refractivity (Wildman–Crippen MR) is 138 cm³/mol. The van der Waals surface area contributed by atoms with Crippen molar-refractivity contribution in [3.8, 4) is 22.5 Å². The minimum atomic E-state index is -0.0375. The molecule has 3 aromatic rings. The first-order valence-corrected chi connectivity index (χ1v) is 13.1. The zero-order chi connectivity index (χ0) is 24.5. The third kappa shape index (κ3) is 4.30. The third-order valence-electron chi connectivity index (χ3n) is 7.98. The summed E-state index contributed by atoms with van der Waals surface area (Å²) >= 11 is 0. The molecule has 0 atom stereocenters. The van der Waals surface area contributed by atoms with Crippen molar-refractivity contribution < 1.29 is 10.0 Å². The number of H-pyrrole nitrogens is 1. The first-order chi connectivity index (χ1) is 17.7. The van der Waals surface area contributed by atoms with Crippen molar-refractivity contribution in [2.45, 2.75) is 51.0 Å². The van der Waals surface area contributed by atoms with Crippen LogP contribution in [0.3, 0.4) is 0 Å². The summed E-state index contributed by atoms with van der Waals surface area (Å²) < 4.78 is 0. The van der Waals surface area contributed by atoms with E-state index in [2.05, 4.69) is 26.1 Å². The second-order valence-electron chi connectivity index (χ2n) is 10.1. The van der Waals surface area contributed by atoms with Crippen molar-refractivity contribution in [3.05, 3.63) is 59.7 Å². The predicted octanol–water partition coefficient (Wildman–Crippen LogP) is 4.35. The van der Waals surface area contributed by atoms with E-state index in [9.17, 15) is 10.0 Å². The molecule has 2 saturated heterocycles. The number of nitrogens with one attached hydrogen (secondary N) is 1. The van der Waals surface area contributed by atoms with E-state index < -0.39 is 0 Å². The lowest BCUT2D eigenvalue weighted by molar-refractivity contribution is 0.0580. The van der Waals surface area contributed by atoms with Crippen LogP contribution in [0.15, 0.2) is 47.9 Å². The molecule has 0 radical (unpaired) electrons. The van der Waals surface area contributed by atoms with Gasteiger partial charge in [0.15, 0.2) is 5.82 Å². The topological polar surface area (TPSA) is 97.7 Å². The summed E-state index contributed by atoms with van der Waals surface area (Å²) in [5.41, 5.74) is 6.29. The molecule has 2 aromatic heterocycles. The Morgan fingerprint density at radius 2 is 1.75 bits per heavy atom. The molecule has 2 fully saturated rings. The Morgan fingerprint density at radius 1 is 0.972 bits per heavy atom. The Labute approximate surface area is 211 Å². The van der Waals surface area contributed by atoms with Crippen molar-refractivity contribution in [1.29, 1.82) is 0 Å². The van der Waals surface area contributed by atoms with E-state index in [0.29, 0.717) is 11.9 Å². The summed E-state index contributed by atoms with van der Waals surface area (Å²) in [5, 5.41) is 12.7. The Morgan fingerprint density at radius 3 is 2.50 bits per heavy atom. The van der Waals surface area contributed by atoms with Crippen molar-refractivity contribution in [1.82, 2.24) is 24.8 Å². The highest BCUT2D eigenvalue weighted by molar-refractivity contribution is 6.04. The van der Waals surface area contributed by atoms with Gasteiger partial charge in [-0.3, -0.25) is 9.78 Å². The monoisotopic (exact) mass is 484 g/mol. The number of benzene rings is 1. The van der Waals surface area contributed by atoms with E-state index in [4.69, 9.17) is 4.98 Å². The van der Waals surface area contributed by atoms with E-state index in [1.807, 2.05) is 29.2 Å². The lowest BCUT2D eigenvalue weighted by Gasteiger charge is -2.40. The summed E-state index contributed by atoms with van der Waals surface area (Å²) in [6, 6.07) is 10.5. The molecule has 2 aliphatic heterocycles. The normalized spacial score (nSPS) is 20.1. The molecule has 0 bridgehead atoms. The number of aromatic nitrogens is 3. The first-order valence-electron chi connectivity index (χ1n) is 13.1. The Bertz CT molecular complexity index is 1270. The largest absolute Gasteiger partial charge is 0.411 e. The highest BCUT2D eigenvalue weighted by atomic mass is 16.4. The molecule has 1 aliphatic carbocycles. The zero-order valence-electron chi connectivity index (χ0n) is 20.5. The van der Waals surface area contributed by atoms with Gasteiger partial charge in [0.1, 0.15) is 0 Å². The summed E-state index contributed by atoms with van der Waals surface area (Å²) in [4.78, 5) is 30.5. The molecule has 3 aliphatic rings. The highest BCUT2D eigenvalue weighted by Crippen LogP contribution is 2.34. The molecule has 2 N–H and O–H groups in total. The van der Waals surface area contributed by atoms with E-state index >= 15 is 0 Å². The van der Waals surface area contributed by atoms with Gasteiger partial charge >= 0.3 is 0 Å². The molecule has 8 nitrogen and oxygen atoms in total. The number of aryl methyl sites for hydroxylation is 1. The fraction of sp³-hybridized carbons (Fsp3) is 0.429. The minimum Gasteiger partial charge on any atom is -0.411 e. The second kappa shape index (κ2) is 9.85. The fourth-order valence-electron chi connectivity index (χ4n) is 6.00. The van der Waals surface area contributed by atoms with Crippen LogP contribution < -0.4 is 0 Å². The van der Waals surface area contributed by atoms with Gasteiger partial charge in [-0.25, -0.2) is 4.98 Å². The van der Waals surface area contributed by atoms with Gasteiger partial charge in [0.2, 0.25) is 0 Å². The molecule has 186 valence electrons. The van der Waals surface area contributed by atoms with Gasteiger partial charge in [-0.15, -0.1) is 0 Å². The average molecular weight is 485 g/mol. The maximum absolute atomic E-state index is 13.5. The van der Waals surface area contributed by atoms with E-state index in [1.165, 1.54) is 32.4 Å². The summed E-state index contributed by atoms with van der Waals surface area (Å²) in [5.74, 6) is 0.343. The highest BCUT2D eigenvalue weighted by Gasteiger charge is 2.30. The number of hydrogen-bond acceptors (Lipinski definition) is 6. The summed E-state index contributed by atoms with van der Waals surface area (Å²) in [6.45, 7) is 3.93. The van der Waals surface area contributed by atoms with Crippen LogP contribution in [0, 0.1) is 0 Å². The van der Waals surface area contributed by atoms with Crippen LogP contribution in [0.4, 0.5) is 0 Å². The molecule has 1 aromatic carbocycles. The maximum Gasteiger partial charge on any atom is 0.289 e. The lowest BCUT2D eigenvalue weighted by atomic mass is 10.00. The Kier molecular flexibility index (Phi) is 6.27. The number of hydrogen-bond donors (Lipinski definition) is 2. The number of rotatable bonds is 4. The van der Waals surface area contributed by atoms with E-state index in [0.717, 1.165) is 78.1 Å². The number of likely N-dealkylation sites (tertiary alicyclic amines) is 2. The quantitative estimate of drug-likeness (QED) is 0.424. The van der Waals surface area contributed by atoms with Gasteiger partial charge in [0.25, 0.3) is 5.91 Å². The molecule has 1 amide bonds.